The summed E-state index contributed by atoms with van der Waals surface area (Å²) < 4.78 is 14.9. The number of halogens is 1. The van der Waals surface area contributed by atoms with E-state index in [0.29, 0.717) is 17.5 Å². The first-order valence-electron chi connectivity index (χ1n) is 7.91. The zero-order valence-electron chi connectivity index (χ0n) is 14.7. The fraction of sp³-hybridized carbons (Fsp3) is 0.167. The van der Waals surface area contributed by atoms with Crippen LogP contribution >= 0.6 is 0 Å². The molecular weight excluding hydrogens is 335 g/mol. The number of hydrogen-bond acceptors (Lipinski definition) is 5. The predicted octanol–water partition coefficient (Wildman–Crippen LogP) is 2.59. The minimum absolute atomic E-state index is 0.296. The van der Waals surface area contributed by atoms with Gasteiger partial charge in [0.1, 0.15) is 5.82 Å². The van der Waals surface area contributed by atoms with E-state index >= 15 is 0 Å². The van der Waals surface area contributed by atoms with Crippen molar-refractivity contribution in [3.8, 4) is 0 Å². The molecule has 0 aliphatic carbocycles. The van der Waals surface area contributed by atoms with Crippen LogP contribution < -0.4 is 15.5 Å². The Kier molecular flexibility index (Phi) is 4.57. The molecule has 8 heteroatoms. The van der Waals surface area contributed by atoms with Crippen LogP contribution in [0.25, 0.3) is 0 Å². The monoisotopic (exact) mass is 354 g/mol. The second-order valence-electron chi connectivity index (χ2n) is 5.87. The van der Waals surface area contributed by atoms with E-state index in [1.54, 1.807) is 39.8 Å². The molecule has 1 amide bonds. The molecule has 134 valence electrons. The third kappa shape index (κ3) is 3.21. The van der Waals surface area contributed by atoms with Crippen molar-refractivity contribution in [1.29, 1.82) is 0 Å². The first kappa shape index (κ1) is 17.4. The number of benzene rings is 2. The van der Waals surface area contributed by atoms with Crippen LogP contribution in [0.2, 0.25) is 0 Å². The van der Waals surface area contributed by atoms with Crippen molar-refractivity contribution < 1.29 is 9.18 Å². The Morgan fingerprint density at radius 3 is 2.15 bits per heavy atom. The van der Waals surface area contributed by atoms with E-state index in [0.717, 1.165) is 11.4 Å². The van der Waals surface area contributed by atoms with Gasteiger partial charge in [-0.2, -0.15) is 0 Å². The molecule has 0 spiro atoms. The molecule has 26 heavy (non-hydrogen) atoms. The van der Waals surface area contributed by atoms with E-state index in [1.165, 1.54) is 12.1 Å². The number of aromatic nitrogens is 3. The molecule has 0 bridgehead atoms. The number of hydrogen-bond donors (Lipinski definition) is 1. The summed E-state index contributed by atoms with van der Waals surface area (Å²) in [4.78, 5) is 15.0. The summed E-state index contributed by atoms with van der Waals surface area (Å²) in [5.74, 6) is 0.380. The largest absolute Gasteiger partial charge is 0.366 e. The molecule has 1 heterocycles. The minimum Gasteiger partial charge on any atom is -0.366 e. The molecule has 2 aromatic carbocycles. The van der Waals surface area contributed by atoms with E-state index in [9.17, 15) is 9.18 Å². The van der Waals surface area contributed by atoms with Crippen molar-refractivity contribution in [2.45, 2.75) is 0 Å². The smallest absolute Gasteiger partial charge is 0.248 e. The van der Waals surface area contributed by atoms with Gasteiger partial charge < -0.3 is 15.5 Å². The van der Waals surface area contributed by atoms with E-state index in [1.807, 2.05) is 32.1 Å². The lowest BCUT2D eigenvalue weighted by atomic mass is 10.2. The molecule has 0 radical (unpaired) electrons. The number of carbonyl (C=O) groups is 1. The molecule has 2 N–H and O–H groups in total. The van der Waals surface area contributed by atoms with Gasteiger partial charge in [0, 0.05) is 38.1 Å². The van der Waals surface area contributed by atoms with Gasteiger partial charge in [0.05, 0.1) is 0 Å². The second kappa shape index (κ2) is 6.83. The van der Waals surface area contributed by atoms with Gasteiger partial charge in [-0.1, -0.05) is 6.07 Å². The SMILES string of the molecule is CN(c1ccc(F)cc1)c1nnc(N(C)c2cccc(C(N)=O)c2)n1C. The number of carbonyl (C=O) groups excluding carboxylic acids is 1. The van der Waals surface area contributed by atoms with Crippen molar-refractivity contribution in [3.63, 3.8) is 0 Å². The number of nitrogens with zero attached hydrogens (tertiary/aromatic N) is 5. The number of amides is 1. The Bertz CT molecular complexity index is 937. The fourth-order valence-electron chi connectivity index (χ4n) is 2.66. The maximum absolute atomic E-state index is 13.1. The molecule has 7 nitrogen and oxygen atoms in total. The summed E-state index contributed by atoms with van der Waals surface area (Å²) in [6, 6.07) is 13.1. The van der Waals surface area contributed by atoms with Crippen molar-refractivity contribution >= 4 is 29.2 Å². The Morgan fingerprint density at radius 2 is 1.58 bits per heavy atom. The van der Waals surface area contributed by atoms with E-state index < -0.39 is 5.91 Å². The van der Waals surface area contributed by atoms with Crippen LogP contribution in [0, 0.1) is 5.82 Å². The summed E-state index contributed by atoms with van der Waals surface area (Å²) >= 11 is 0. The molecule has 3 rings (SSSR count). The molecule has 0 fully saturated rings. The van der Waals surface area contributed by atoms with Crippen LogP contribution in [0.1, 0.15) is 10.4 Å². The number of rotatable bonds is 5. The molecular formula is C18H19FN6O. The average molecular weight is 354 g/mol. The summed E-state index contributed by atoms with van der Waals surface area (Å²) in [6.07, 6.45) is 0. The zero-order valence-corrected chi connectivity index (χ0v) is 14.7. The zero-order chi connectivity index (χ0) is 18.8. The lowest BCUT2D eigenvalue weighted by molar-refractivity contribution is 0.100. The standard InChI is InChI=1S/C18H19FN6O/c1-23(14-9-7-13(19)8-10-14)17-21-22-18(25(17)3)24(2)15-6-4-5-12(11-15)16(20)26/h4-11H,1-3H3,(H2,20,26). The van der Waals surface area contributed by atoms with Gasteiger partial charge in [-0.25, -0.2) is 4.39 Å². The Hall–Kier alpha value is -3.42. The normalized spacial score (nSPS) is 10.6. The lowest BCUT2D eigenvalue weighted by Crippen LogP contribution is -2.18. The van der Waals surface area contributed by atoms with Crippen LogP contribution in [0.4, 0.5) is 27.7 Å². The van der Waals surface area contributed by atoms with E-state index in [4.69, 9.17) is 5.73 Å². The molecule has 0 saturated carbocycles. The number of primary amides is 1. The van der Waals surface area contributed by atoms with Crippen molar-refractivity contribution in [2.75, 3.05) is 23.9 Å². The van der Waals surface area contributed by atoms with Crippen LogP contribution in [-0.4, -0.2) is 34.8 Å². The quantitative estimate of drug-likeness (QED) is 0.762. The fourth-order valence-corrected chi connectivity index (χ4v) is 2.66. The molecule has 1 aromatic heterocycles. The highest BCUT2D eigenvalue weighted by molar-refractivity contribution is 5.93. The first-order chi connectivity index (χ1) is 12.4. The minimum atomic E-state index is -0.491. The second-order valence-corrected chi connectivity index (χ2v) is 5.87. The van der Waals surface area contributed by atoms with Crippen molar-refractivity contribution in [2.24, 2.45) is 12.8 Å². The van der Waals surface area contributed by atoms with Crippen molar-refractivity contribution in [1.82, 2.24) is 14.8 Å². The summed E-state index contributed by atoms with van der Waals surface area (Å²) in [5.41, 5.74) is 7.30. The Balaban J connectivity index is 1.92. The third-order valence-corrected chi connectivity index (χ3v) is 4.16. The van der Waals surface area contributed by atoms with E-state index in [-0.39, 0.29) is 5.82 Å². The van der Waals surface area contributed by atoms with Gasteiger partial charge in [-0.05, 0) is 42.5 Å². The van der Waals surface area contributed by atoms with Gasteiger partial charge in [0.2, 0.25) is 17.8 Å². The highest BCUT2D eigenvalue weighted by atomic mass is 19.1. The molecule has 0 aliphatic heterocycles. The summed E-state index contributed by atoms with van der Waals surface area (Å²) in [6.45, 7) is 0. The average Bonchev–Trinajstić information content (AvgIpc) is 3.02. The highest BCUT2D eigenvalue weighted by Crippen LogP contribution is 2.27. The molecule has 3 aromatic rings. The highest BCUT2D eigenvalue weighted by Gasteiger charge is 2.18. The summed E-state index contributed by atoms with van der Waals surface area (Å²) in [5, 5.41) is 8.47. The lowest BCUT2D eigenvalue weighted by Gasteiger charge is -2.21. The number of anilines is 4. The Morgan fingerprint density at radius 1 is 1.00 bits per heavy atom. The van der Waals surface area contributed by atoms with Gasteiger partial charge in [-0.15, -0.1) is 10.2 Å². The van der Waals surface area contributed by atoms with E-state index in [2.05, 4.69) is 10.2 Å². The van der Waals surface area contributed by atoms with Crippen LogP contribution in [0.5, 0.6) is 0 Å². The third-order valence-electron chi connectivity index (χ3n) is 4.16. The molecule has 0 aliphatic rings. The molecule has 0 saturated heterocycles. The van der Waals surface area contributed by atoms with Crippen molar-refractivity contribution in [3.05, 3.63) is 59.9 Å². The van der Waals surface area contributed by atoms with Gasteiger partial charge in [-0.3, -0.25) is 9.36 Å². The van der Waals surface area contributed by atoms with Gasteiger partial charge >= 0.3 is 0 Å². The van der Waals surface area contributed by atoms with Gasteiger partial charge in [0.15, 0.2) is 0 Å². The van der Waals surface area contributed by atoms with Crippen LogP contribution in [0.15, 0.2) is 48.5 Å². The maximum Gasteiger partial charge on any atom is 0.248 e. The topological polar surface area (TPSA) is 80.3 Å². The Labute approximate surface area is 150 Å². The van der Waals surface area contributed by atoms with Crippen LogP contribution in [-0.2, 0) is 7.05 Å². The van der Waals surface area contributed by atoms with Crippen LogP contribution in [0.3, 0.4) is 0 Å². The maximum atomic E-state index is 13.1. The molecule has 0 atom stereocenters. The predicted molar refractivity (Wildman–Crippen MR) is 98.5 cm³/mol. The number of nitrogens with two attached hydrogens (primary N) is 1. The first-order valence-corrected chi connectivity index (χ1v) is 7.91. The summed E-state index contributed by atoms with van der Waals surface area (Å²) in [7, 11) is 5.49. The molecule has 0 unspecified atom stereocenters. The van der Waals surface area contributed by atoms with Gasteiger partial charge in [0.25, 0.3) is 0 Å².